The van der Waals surface area contributed by atoms with Crippen molar-refractivity contribution in [1.29, 1.82) is 0 Å². The Kier molecular flexibility index (Phi) is 3.95. The van der Waals surface area contributed by atoms with Gasteiger partial charge in [0.2, 0.25) is 5.91 Å². The van der Waals surface area contributed by atoms with Crippen LogP contribution < -0.4 is 15.8 Å². The second kappa shape index (κ2) is 5.48. The molecular formula is C14H21N3O2. The minimum atomic E-state index is -0.158. The first-order valence-electron chi connectivity index (χ1n) is 6.49. The molecule has 5 heteroatoms. The zero-order chi connectivity index (χ0) is 14.0. The van der Waals surface area contributed by atoms with Crippen molar-refractivity contribution in [3.63, 3.8) is 0 Å². The van der Waals surface area contributed by atoms with E-state index in [0.717, 1.165) is 0 Å². The van der Waals surface area contributed by atoms with Gasteiger partial charge in [0.05, 0.1) is 24.5 Å². The van der Waals surface area contributed by atoms with E-state index in [-0.39, 0.29) is 11.9 Å². The zero-order valence-corrected chi connectivity index (χ0v) is 11.6. The third-order valence-corrected chi connectivity index (χ3v) is 3.63. The highest BCUT2D eigenvalue weighted by Crippen LogP contribution is 2.28. The van der Waals surface area contributed by atoms with E-state index in [0.29, 0.717) is 23.2 Å². The summed E-state index contributed by atoms with van der Waals surface area (Å²) in [6, 6.07) is 5.63. The number of benzene rings is 1. The summed E-state index contributed by atoms with van der Waals surface area (Å²) in [5, 5.41) is 2.86. The van der Waals surface area contributed by atoms with Crippen LogP contribution >= 0.6 is 0 Å². The molecule has 1 saturated carbocycles. The first kappa shape index (κ1) is 13.7. The lowest BCUT2D eigenvalue weighted by Gasteiger charge is -2.23. The van der Waals surface area contributed by atoms with Crippen molar-refractivity contribution in [3.8, 4) is 5.75 Å². The Hall–Kier alpha value is -1.75. The van der Waals surface area contributed by atoms with Crippen LogP contribution in [0, 0.1) is 0 Å². The minimum absolute atomic E-state index is 0.0359. The predicted molar refractivity (Wildman–Crippen MR) is 76.3 cm³/mol. The molecule has 0 aliphatic heterocycles. The number of likely N-dealkylation sites (N-methyl/N-ethyl adjacent to an activating group) is 1. The second-order valence-corrected chi connectivity index (χ2v) is 5.02. The summed E-state index contributed by atoms with van der Waals surface area (Å²) in [6.45, 7) is 1.91. The Morgan fingerprint density at radius 2 is 2.21 bits per heavy atom. The first-order chi connectivity index (χ1) is 9.02. The average Bonchev–Trinajstić information content (AvgIpc) is 3.23. The van der Waals surface area contributed by atoms with Gasteiger partial charge in [-0.05, 0) is 38.9 Å². The van der Waals surface area contributed by atoms with Crippen molar-refractivity contribution < 1.29 is 9.53 Å². The van der Waals surface area contributed by atoms with Gasteiger partial charge in [-0.15, -0.1) is 0 Å². The molecule has 1 aromatic carbocycles. The zero-order valence-electron chi connectivity index (χ0n) is 11.6. The van der Waals surface area contributed by atoms with Crippen molar-refractivity contribution in [2.75, 3.05) is 25.2 Å². The van der Waals surface area contributed by atoms with Gasteiger partial charge in [-0.3, -0.25) is 9.69 Å². The number of hydrogen-bond acceptors (Lipinski definition) is 4. The molecule has 104 valence electrons. The largest absolute Gasteiger partial charge is 0.497 e. The highest BCUT2D eigenvalue weighted by molar-refractivity contribution is 5.97. The number of nitrogen functional groups attached to an aromatic ring is 1. The molecule has 5 nitrogen and oxygen atoms in total. The molecule has 1 amide bonds. The Morgan fingerprint density at radius 1 is 1.53 bits per heavy atom. The number of amides is 1. The number of carbonyl (C=O) groups excluding carboxylic acids is 1. The van der Waals surface area contributed by atoms with Crippen LogP contribution in [0.3, 0.4) is 0 Å². The molecule has 1 unspecified atom stereocenters. The molecule has 0 heterocycles. The van der Waals surface area contributed by atoms with Crippen molar-refractivity contribution in [3.05, 3.63) is 18.2 Å². The van der Waals surface area contributed by atoms with Crippen LogP contribution in [0.25, 0.3) is 0 Å². The summed E-state index contributed by atoms with van der Waals surface area (Å²) in [7, 11) is 3.57. The van der Waals surface area contributed by atoms with E-state index in [1.807, 2.05) is 14.0 Å². The van der Waals surface area contributed by atoms with E-state index in [4.69, 9.17) is 10.5 Å². The number of rotatable bonds is 5. The smallest absolute Gasteiger partial charge is 0.241 e. The SMILES string of the molecule is COc1ccc(NC(=O)C(C)N(C)C2CC2)c(N)c1. The molecule has 0 saturated heterocycles. The number of methoxy groups -OCH3 is 1. The van der Waals surface area contributed by atoms with Gasteiger partial charge in [0.15, 0.2) is 0 Å². The van der Waals surface area contributed by atoms with Gasteiger partial charge < -0.3 is 15.8 Å². The maximum atomic E-state index is 12.2. The molecule has 1 aliphatic carbocycles. The number of nitrogens with two attached hydrogens (primary N) is 1. The summed E-state index contributed by atoms with van der Waals surface area (Å²) in [5.41, 5.74) is 7.02. The third kappa shape index (κ3) is 3.17. The number of hydrogen-bond donors (Lipinski definition) is 2. The van der Waals surface area contributed by atoms with Crippen molar-refractivity contribution in [2.45, 2.75) is 31.8 Å². The van der Waals surface area contributed by atoms with Gasteiger partial charge >= 0.3 is 0 Å². The van der Waals surface area contributed by atoms with E-state index < -0.39 is 0 Å². The highest BCUT2D eigenvalue weighted by Gasteiger charge is 2.32. The number of nitrogens with zero attached hydrogens (tertiary/aromatic N) is 1. The lowest BCUT2D eigenvalue weighted by molar-refractivity contribution is -0.120. The lowest BCUT2D eigenvalue weighted by atomic mass is 10.2. The Balaban J connectivity index is 2.01. The van der Waals surface area contributed by atoms with Gasteiger partial charge in [-0.2, -0.15) is 0 Å². The predicted octanol–water partition coefficient (Wildman–Crippen LogP) is 1.70. The molecule has 0 radical (unpaired) electrons. The fourth-order valence-electron chi connectivity index (χ4n) is 2.00. The van der Waals surface area contributed by atoms with Crippen LogP contribution in [0.2, 0.25) is 0 Å². The van der Waals surface area contributed by atoms with Crippen molar-refractivity contribution in [1.82, 2.24) is 4.90 Å². The number of ether oxygens (including phenoxy) is 1. The molecule has 0 bridgehead atoms. The quantitative estimate of drug-likeness (QED) is 0.793. The standard InChI is InChI=1S/C14H21N3O2/c1-9(17(2)10-4-5-10)14(18)16-13-7-6-11(19-3)8-12(13)15/h6-10H,4-5,15H2,1-3H3,(H,16,18). The van der Waals surface area contributed by atoms with Crippen molar-refractivity contribution in [2.24, 2.45) is 0 Å². The Bertz CT molecular complexity index is 472. The normalized spacial score (nSPS) is 16.2. The fourth-order valence-corrected chi connectivity index (χ4v) is 2.00. The van der Waals surface area contributed by atoms with Crippen molar-refractivity contribution >= 4 is 17.3 Å². The minimum Gasteiger partial charge on any atom is -0.497 e. The van der Waals surface area contributed by atoms with Gasteiger partial charge in [0.1, 0.15) is 5.75 Å². The molecule has 19 heavy (non-hydrogen) atoms. The maximum absolute atomic E-state index is 12.2. The third-order valence-electron chi connectivity index (χ3n) is 3.63. The molecule has 3 N–H and O–H groups in total. The van der Waals surface area contributed by atoms with Gasteiger partial charge in [-0.25, -0.2) is 0 Å². The number of anilines is 2. The van der Waals surface area contributed by atoms with Crippen LogP contribution in [-0.4, -0.2) is 37.0 Å². The van der Waals surface area contributed by atoms with Gasteiger partial charge in [-0.1, -0.05) is 0 Å². The summed E-state index contributed by atoms with van der Waals surface area (Å²) >= 11 is 0. The topological polar surface area (TPSA) is 67.6 Å². The second-order valence-electron chi connectivity index (χ2n) is 5.02. The Labute approximate surface area is 113 Å². The van der Waals surface area contributed by atoms with Crippen LogP contribution in [-0.2, 0) is 4.79 Å². The maximum Gasteiger partial charge on any atom is 0.241 e. The summed E-state index contributed by atoms with van der Waals surface area (Å²) < 4.78 is 5.08. The molecule has 0 aromatic heterocycles. The van der Waals surface area contributed by atoms with Gasteiger partial charge in [0, 0.05) is 12.1 Å². The van der Waals surface area contributed by atoms with Crippen LogP contribution in [0.5, 0.6) is 5.75 Å². The molecule has 1 fully saturated rings. The summed E-state index contributed by atoms with van der Waals surface area (Å²) in [6.07, 6.45) is 2.36. The highest BCUT2D eigenvalue weighted by atomic mass is 16.5. The molecule has 1 aromatic rings. The van der Waals surface area contributed by atoms with E-state index in [1.165, 1.54) is 12.8 Å². The fraction of sp³-hybridized carbons (Fsp3) is 0.500. The summed E-state index contributed by atoms with van der Waals surface area (Å²) in [5.74, 6) is 0.643. The monoisotopic (exact) mass is 263 g/mol. The average molecular weight is 263 g/mol. The van der Waals surface area contributed by atoms with Crippen LogP contribution in [0.15, 0.2) is 18.2 Å². The molecular weight excluding hydrogens is 242 g/mol. The van der Waals surface area contributed by atoms with Gasteiger partial charge in [0.25, 0.3) is 0 Å². The molecule has 0 spiro atoms. The lowest BCUT2D eigenvalue weighted by Crippen LogP contribution is -2.40. The first-order valence-corrected chi connectivity index (χ1v) is 6.49. The molecule has 1 aliphatic rings. The van der Waals surface area contributed by atoms with E-state index in [2.05, 4.69) is 10.2 Å². The molecule has 1 atom stereocenters. The molecule has 2 rings (SSSR count). The van der Waals surface area contributed by atoms with Crippen LogP contribution in [0.1, 0.15) is 19.8 Å². The van der Waals surface area contributed by atoms with Crippen LogP contribution in [0.4, 0.5) is 11.4 Å². The van der Waals surface area contributed by atoms with E-state index >= 15 is 0 Å². The van der Waals surface area contributed by atoms with E-state index in [9.17, 15) is 4.79 Å². The summed E-state index contributed by atoms with van der Waals surface area (Å²) in [4.78, 5) is 14.3. The Morgan fingerprint density at radius 3 is 2.74 bits per heavy atom. The number of nitrogens with one attached hydrogen (secondary N) is 1. The van der Waals surface area contributed by atoms with E-state index in [1.54, 1.807) is 25.3 Å². The number of carbonyl (C=O) groups is 1.